The summed E-state index contributed by atoms with van der Waals surface area (Å²) in [6, 6.07) is 9.28. The van der Waals surface area contributed by atoms with Gasteiger partial charge in [0.1, 0.15) is 11.9 Å². The van der Waals surface area contributed by atoms with Crippen LogP contribution in [0.5, 0.6) is 11.5 Å². The molecule has 3 N–H and O–H groups in total. The Balaban J connectivity index is 1.94. The molecule has 2 atom stereocenters. The molecule has 20 heavy (non-hydrogen) atoms. The maximum Gasteiger partial charge on any atom is 0.165 e. The van der Waals surface area contributed by atoms with Gasteiger partial charge in [-0.3, -0.25) is 0 Å². The lowest BCUT2D eigenvalue weighted by molar-refractivity contribution is 0.161. The van der Waals surface area contributed by atoms with Crippen LogP contribution in [0.3, 0.4) is 0 Å². The lowest BCUT2D eigenvalue weighted by Gasteiger charge is -2.30. The van der Waals surface area contributed by atoms with E-state index in [1.807, 2.05) is 0 Å². The molecular formula is C15H13ClFNO2. The van der Waals surface area contributed by atoms with Gasteiger partial charge in [0.05, 0.1) is 0 Å². The smallest absolute Gasteiger partial charge is 0.165 e. The largest absolute Gasteiger partial charge is 0.505 e. The van der Waals surface area contributed by atoms with Gasteiger partial charge in [0.2, 0.25) is 0 Å². The van der Waals surface area contributed by atoms with Crippen molar-refractivity contribution in [2.75, 3.05) is 0 Å². The molecular weight excluding hydrogens is 281 g/mol. The Morgan fingerprint density at radius 3 is 2.80 bits per heavy atom. The molecule has 3 nitrogen and oxygen atoms in total. The second-order valence-corrected chi connectivity index (χ2v) is 5.28. The molecule has 3 rings (SSSR count). The van der Waals surface area contributed by atoms with Crippen molar-refractivity contribution in [3.05, 3.63) is 58.4 Å². The first-order valence-corrected chi connectivity index (χ1v) is 6.62. The van der Waals surface area contributed by atoms with Crippen LogP contribution in [0.1, 0.15) is 29.7 Å². The number of hydrogen-bond donors (Lipinski definition) is 2. The Kier molecular flexibility index (Phi) is 3.28. The zero-order valence-electron chi connectivity index (χ0n) is 10.5. The first-order valence-electron chi connectivity index (χ1n) is 6.24. The van der Waals surface area contributed by atoms with Gasteiger partial charge in [-0.1, -0.05) is 17.7 Å². The van der Waals surface area contributed by atoms with E-state index in [2.05, 4.69) is 0 Å². The molecule has 104 valence electrons. The van der Waals surface area contributed by atoms with Crippen LogP contribution < -0.4 is 10.5 Å². The van der Waals surface area contributed by atoms with Crippen LogP contribution in [0.2, 0.25) is 5.02 Å². The van der Waals surface area contributed by atoms with E-state index in [1.165, 1.54) is 12.1 Å². The molecule has 0 saturated carbocycles. The molecule has 1 aliphatic heterocycles. The highest BCUT2D eigenvalue weighted by Gasteiger charge is 2.27. The van der Waals surface area contributed by atoms with Gasteiger partial charge in [-0.25, -0.2) is 4.39 Å². The summed E-state index contributed by atoms with van der Waals surface area (Å²) < 4.78 is 19.3. The molecule has 0 aromatic heterocycles. The van der Waals surface area contributed by atoms with E-state index in [0.29, 0.717) is 22.8 Å². The molecule has 0 fully saturated rings. The molecule has 0 saturated heterocycles. The Morgan fingerprint density at radius 1 is 1.25 bits per heavy atom. The molecule has 0 aliphatic carbocycles. The van der Waals surface area contributed by atoms with Gasteiger partial charge < -0.3 is 15.6 Å². The van der Waals surface area contributed by atoms with Crippen molar-refractivity contribution in [1.29, 1.82) is 0 Å². The number of rotatable bonds is 1. The number of nitrogens with two attached hydrogens (primary N) is 1. The monoisotopic (exact) mass is 293 g/mol. The van der Waals surface area contributed by atoms with Crippen molar-refractivity contribution in [2.45, 2.75) is 18.6 Å². The van der Waals surface area contributed by atoms with Gasteiger partial charge in [-0.15, -0.1) is 0 Å². The quantitative estimate of drug-likeness (QED) is 0.843. The first-order chi connectivity index (χ1) is 9.54. The summed E-state index contributed by atoms with van der Waals surface area (Å²) in [5.41, 5.74) is 7.63. The predicted molar refractivity (Wildman–Crippen MR) is 74.4 cm³/mol. The number of halogens is 2. The van der Waals surface area contributed by atoms with E-state index in [4.69, 9.17) is 22.1 Å². The lowest BCUT2D eigenvalue weighted by atomic mass is 9.93. The fraction of sp³-hybridized carbons (Fsp3) is 0.200. The molecule has 2 aromatic rings. The van der Waals surface area contributed by atoms with Crippen molar-refractivity contribution in [2.24, 2.45) is 5.73 Å². The third-order valence-corrected chi connectivity index (χ3v) is 3.69. The topological polar surface area (TPSA) is 55.5 Å². The highest BCUT2D eigenvalue weighted by Crippen LogP contribution is 2.41. The average molecular weight is 294 g/mol. The predicted octanol–water partition coefficient (Wildman–Crippen LogP) is 3.71. The zero-order valence-corrected chi connectivity index (χ0v) is 11.3. The van der Waals surface area contributed by atoms with E-state index in [-0.39, 0.29) is 17.9 Å². The Hall–Kier alpha value is -1.78. The summed E-state index contributed by atoms with van der Waals surface area (Å²) in [4.78, 5) is 0. The number of ether oxygens (including phenoxy) is 1. The van der Waals surface area contributed by atoms with Gasteiger partial charge in [0.15, 0.2) is 11.6 Å². The number of phenolic OH excluding ortho intramolecular Hbond substituents is 1. The fourth-order valence-electron chi connectivity index (χ4n) is 2.40. The van der Waals surface area contributed by atoms with Crippen LogP contribution in [0.15, 0.2) is 36.4 Å². The number of aromatic hydroxyl groups is 1. The van der Waals surface area contributed by atoms with E-state index in [9.17, 15) is 9.50 Å². The minimum atomic E-state index is -0.665. The molecule has 5 heteroatoms. The molecule has 1 aliphatic rings. The molecule has 0 amide bonds. The molecule has 0 bridgehead atoms. The summed E-state index contributed by atoms with van der Waals surface area (Å²) in [5.74, 6) is -0.380. The SMILES string of the molecule is NC1CC(c2ccc(O)c(F)c2)Oc2ccc(Cl)cc21. The van der Waals surface area contributed by atoms with Gasteiger partial charge in [0.25, 0.3) is 0 Å². The third-order valence-electron chi connectivity index (χ3n) is 3.45. The van der Waals surface area contributed by atoms with Crippen LogP contribution >= 0.6 is 11.6 Å². The van der Waals surface area contributed by atoms with Crippen molar-refractivity contribution in [3.63, 3.8) is 0 Å². The Labute approximate surface area is 120 Å². The van der Waals surface area contributed by atoms with Crippen molar-refractivity contribution in [3.8, 4) is 11.5 Å². The van der Waals surface area contributed by atoms with Crippen molar-refractivity contribution >= 4 is 11.6 Å². The van der Waals surface area contributed by atoms with Gasteiger partial charge in [-0.2, -0.15) is 0 Å². The van der Waals surface area contributed by atoms with Gasteiger partial charge in [0, 0.05) is 23.0 Å². The molecule has 1 heterocycles. The molecule has 2 unspecified atom stereocenters. The van der Waals surface area contributed by atoms with Gasteiger partial charge >= 0.3 is 0 Å². The Bertz CT molecular complexity index is 662. The summed E-state index contributed by atoms with van der Waals surface area (Å²) in [5, 5.41) is 9.84. The number of hydrogen-bond acceptors (Lipinski definition) is 3. The van der Waals surface area contributed by atoms with Crippen LogP contribution in [0, 0.1) is 5.82 Å². The molecule has 0 spiro atoms. The van der Waals surface area contributed by atoms with Crippen molar-refractivity contribution in [1.82, 2.24) is 0 Å². The number of phenols is 1. The maximum absolute atomic E-state index is 13.4. The maximum atomic E-state index is 13.4. The van der Waals surface area contributed by atoms with Crippen LogP contribution in [0.25, 0.3) is 0 Å². The standard InChI is InChI=1S/C15H13ClFNO2/c16-9-2-4-14-10(6-9)12(18)7-15(20-14)8-1-3-13(19)11(17)5-8/h1-6,12,15,19H,7,18H2. The highest BCUT2D eigenvalue weighted by atomic mass is 35.5. The number of benzene rings is 2. The Morgan fingerprint density at radius 2 is 2.05 bits per heavy atom. The minimum absolute atomic E-state index is 0.223. The summed E-state index contributed by atoms with van der Waals surface area (Å²) >= 11 is 5.95. The first kappa shape index (κ1) is 13.2. The summed E-state index contributed by atoms with van der Waals surface area (Å²) in [7, 11) is 0. The van der Waals surface area contributed by atoms with Crippen molar-refractivity contribution < 1.29 is 14.2 Å². The second-order valence-electron chi connectivity index (χ2n) is 4.84. The highest BCUT2D eigenvalue weighted by molar-refractivity contribution is 6.30. The summed E-state index contributed by atoms with van der Waals surface area (Å²) in [6.07, 6.45) is 0.186. The lowest BCUT2D eigenvalue weighted by Crippen LogP contribution is -2.24. The minimum Gasteiger partial charge on any atom is -0.505 e. The van der Waals surface area contributed by atoms with Crippen LogP contribution in [-0.4, -0.2) is 5.11 Å². The van der Waals surface area contributed by atoms with Crippen LogP contribution in [-0.2, 0) is 0 Å². The van der Waals surface area contributed by atoms with E-state index in [0.717, 1.165) is 5.56 Å². The normalized spacial score (nSPS) is 21.1. The second kappa shape index (κ2) is 4.96. The third kappa shape index (κ3) is 2.32. The molecule has 0 radical (unpaired) electrons. The van der Waals surface area contributed by atoms with Crippen LogP contribution in [0.4, 0.5) is 4.39 Å². The molecule has 2 aromatic carbocycles. The summed E-state index contributed by atoms with van der Waals surface area (Å²) in [6.45, 7) is 0. The average Bonchev–Trinajstić information content (AvgIpc) is 2.42. The zero-order chi connectivity index (χ0) is 14.3. The van der Waals surface area contributed by atoms with E-state index in [1.54, 1.807) is 24.3 Å². The van der Waals surface area contributed by atoms with E-state index < -0.39 is 5.82 Å². The van der Waals surface area contributed by atoms with E-state index >= 15 is 0 Å². The fourth-order valence-corrected chi connectivity index (χ4v) is 2.58. The van der Waals surface area contributed by atoms with Gasteiger partial charge in [-0.05, 0) is 35.9 Å². The number of fused-ring (bicyclic) bond motifs is 1.